The maximum Gasteiger partial charge on any atom is 0.344 e. The van der Waals surface area contributed by atoms with Crippen LogP contribution in [0.5, 0.6) is 5.75 Å². The maximum absolute atomic E-state index is 13.1. The average molecular weight is 461 g/mol. The van der Waals surface area contributed by atoms with Crippen LogP contribution in [0.3, 0.4) is 0 Å². The zero-order valence-corrected chi connectivity index (χ0v) is 19.9. The number of carbonyl (C=O) groups excluding carboxylic acids is 1. The molecule has 0 saturated carbocycles. The van der Waals surface area contributed by atoms with Crippen molar-refractivity contribution in [1.82, 2.24) is 14.5 Å². The van der Waals surface area contributed by atoms with E-state index < -0.39 is 5.97 Å². The van der Waals surface area contributed by atoms with E-state index in [9.17, 15) is 4.79 Å². The van der Waals surface area contributed by atoms with Gasteiger partial charge in [-0.05, 0) is 42.8 Å². The van der Waals surface area contributed by atoms with Gasteiger partial charge in [-0.15, -0.1) is 0 Å². The lowest BCUT2D eigenvalue weighted by molar-refractivity contribution is 0.0501. The summed E-state index contributed by atoms with van der Waals surface area (Å²) in [5.41, 5.74) is 9.93. The van der Waals surface area contributed by atoms with E-state index in [0.717, 1.165) is 36.2 Å². The fourth-order valence-electron chi connectivity index (χ4n) is 4.15. The number of esters is 1. The van der Waals surface area contributed by atoms with E-state index in [1.807, 2.05) is 48.5 Å². The number of hydrogen-bond acceptors (Lipinski definition) is 6. The molecule has 2 aromatic carbocycles. The van der Waals surface area contributed by atoms with E-state index in [-0.39, 0.29) is 11.4 Å². The van der Waals surface area contributed by atoms with Gasteiger partial charge in [-0.2, -0.15) is 0 Å². The van der Waals surface area contributed by atoms with Crippen molar-refractivity contribution in [2.24, 2.45) is 0 Å². The van der Waals surface area contributed by atoms with E-state index in [1.54, 1.807) is 11.7 Å². The molecular weight excluding hydrogens is 428 g/mol. The SMILES string of the molecule is CCCCCCCCCOC(=O)c1c(N)n(-c2ccc(OC)cc2)c2nc3ccccc3nc12. The molecule has 0 saturated heterocycles. The monoisotopic (exact) mass is 460 g/mol. The Bertz CT molecular complexity index is 1260. The molecule has 0 atom stereocenters. The Morgan fingerprint density at radius 2 is 1.56 bits per heavy atom. The number of ether oxygens (including phenoxy) is 2. The first-order chi connectivity index (χ1) is 16.6. The van der Waals surface area contributed by atoms with Crippen LogP contribution in [0, 0.1) is 0 Å². The fourth-order valence-corrected chi connectivity index (χ4v) is 4.15. The topological polar surface area (TPSA) is 92.3 Å². The third-order valence-corrected chi connectivity index (χ3v) is 6.01. The average Bonchev–Trinajstić information content (AvgIpc) is 3.14. The van der Waals surface area contributed by atoms with Gasteiger partial charge < -0.3 is 15.2 Å². The van der Waals surface area contributed by atoms with Crippen molar-refractivity contribution in [2.75, 3.05) is 19.5 Å². The van der Waals surface area contributed by atoms with Crippen molar-refractivity contribution >= 4 is 34.0 Å². The Kier molecular flexibility index (Phi) is 7.62. The third kappa shape index (κ3) is 4.98. The summed E-state index contributed by atoms with van der Waals surface area (Å²) in [5, 5.41) is 0. The number of nitrogens with zero attached hydrogens (tertiary/aromatic N) is 3. The normalized spacial score (nSPS) is 11.2. The largest absolute Gasteiger partial charge is 0.497 e. The minimum atomic E-state index is -0.467. The van der Waals surface area contributed by atoms with Crippen LogP contribution in [0.25, 0.3) is 27.9 Å². The van der Waals surface area contributed by atoms with Crippen LogP contribution in [-0.2, 0) is 4.74 Å². The van der Waals surface area contributed by atoms with Gasteiger partial charge in [0, 0.05) is 5.69 Å². The Labute approximate surface area is 199 Å². The molecule has 0 aliphatic heterocycles. The molecule has 2 N–H and O–H groups in total. The molecule has 0 aliphatic carbocycles. The molecule has 7 heteroatoms. The Morgan fingerprint density at radius 1 is 0.912 bits per heavy atom. The van der Waals surface area contributed by atoms with Gasteiger partial charge in [0.15, 0.2) is 5.65 Å². The summed E-state index contributed by atoms with van der Waals surface area (Å²) in [6.07, 6.45) is 8.06. The number of carbonyl (C=O) groups is 1. The molecular formula is C27H32N4O3. The number of aromatic nitrogens is 3. The maximum atomic E-state index is 13.1. The second-order valence-electron chi connectivity index (χ2n) is 8.44. The van der Waals surface area contributed by atoms with Crippen LogP contribution < -0.4 is 10.5 Å². The molecule has 4 rings (SSSR count). The molecule has 0 radical (unpaired) electrons. The molecule has 34 heavy (non-hydrogen) atoms. The summed E-state index contributed by atoms with van der Waals surface area (Å²) in [4.78, 5) is 22.7. The molecule has 0 aliphatic rings. The van der Waals surface area contributed by atoms with Crippen molar-refractivity contribution in [3.63, 3.8) is 0 Å². The number of fused-ring (bicyclic) bond motifs is 2. The van der Waals surface area contributed by atoms with Crippen LogP contribution in [0.15, 0.2) is 48.5 Å². The van der Waals surface area contributed by atoms with E-state index >= 15 is 0 Å². The number of rotatable bonds is 11. The molecule has 0 bridgehead atoms. The number of anilines is 1. The Hall–Kier alpha value is -3.61. The van der Waals surface area contributed by atoms with E-state index in [0.29, 0.717) is 23.3 Å². The lowest BCUT2D eigenvalue weighted by Crippen LogP contribution is -2.10. The smallest absolute Gasteiger partial charge is 0.344 e. The van der Waals surface area contributed by atoms with Gasteiger partial charge in [-0.1, -0.05) is 57.6 Å². The van der Waals surface area contributed by atoms with Gasteiger partial charge in [0.25, 0.3) is 0 Å². The summed E-state index contributed by atoms with van der Waals surface area (Å²) in [5.74, 6) is 0.523. The van der Waals surface area contributed by atoms with Crippen LogP contribution in [-0.4, -0.2) is 34.2 Å². The van der Waals surface area contributed by atoms with Gasteiger partial charge in [0.1, 0.15) is 22.6 Å². The highest BCUT2D eigenvalue weighted by Gasteiger charge is 2.26. The minimum absolute atomic E-state index is 0.256. The molecule has 0 unspecified atom stereocenters. The number of hydrogen-bond donors (Lipinski definition) is 1. The summed E-state index contributed by atoms with van der Waals surface area (Å²) in [7, 11) is 1.62. The first kappa shape index (κ1) is 23.5. The standard InChI is InChI=1S/C27H32N4O3/c1-3-4-5-6-7-8-11-18-34-27(32)23-24-26(30-22-13-10-9-12-21(22)29-24)31(25(23)28)19-14-16-20(33-2)17-15-19/h9-10,12-17H,3-8,11,18,28H2,1-2H3. The first-order valence-corrected chi connectivity index (χ1v) is 12.0. The number of para-hydroxylation sites is 2. The third-order valence-electron chi connectivity index (χ3n) is 6.01. The second kappa shape index (κ2) is 11.0. The second-order valence-corrected chi connectivity index (χ2v) is 8.44. The van der Waals surface area contributed by atoms with E-state index in [4.69, 9.17) is 25.2 Å². The molecule has 0 spiro atoms. The predicted octanol–water partition coefficient (Wildman–Crippen LogP) is 6.07. The molecule has 4 aromatic rings. The van der Waals surface area contributed by atoms with Gasteiger partial charge in [0.05, 0.1) is 24.8 Å². The van der Waals surface area contributed by atoms with Gasteiger partial charge in [0.2, 0.25) is 0 Å². The lowest BCUT2D eigenvalue weighted by Gasteiger charge is -2.09. The summed E-state index contributed by atoms with van der Waals surface area (Å²) < 4.78 is 12.6. The van der Waals surface area contributed by atoms with Crippen LogP contribution in [0.4, 0.5) is 5.82 Å². The van der Waals surface area contributed by atoms with Crippen LogP contribution in [0.2, 0.25) is 0 Å². The van der Waals surface area contributed by atoms with E-state index in [2.05, 4.69) is 6.92 Å². The highest BCUT2D eigenvalue weighted by atomic mass is 16.5. The minimum Gasteiger partial charge on any atom is -0.497 e. The number of nitrogens with two attached hydrogens (primary N) is 1. The molecule has 0 amide bonds. The van der Waals surface area contributed by atoms with E-state index in [1.165, 1.54) is 25.7 Å². The van der Waals surface area contributed by atoms with Gasteiger partial charge in [-0.25, -0.2) is 14.8 Å². The highest BCUT2D eigenvalue weighted by molar-refractivity contribution is 6.09. The molecule has 2 heterocycles. The predicted molar refractivity (Wildman–Crippen MR) is 136 cm³/mol. The number of benzene rings is 2. The molecule has 7 nitrogen and oxygen atoms in total. The number of methoxy groups -OCH3 is 1. The van der Waals surface area contributed by atoms with Crippen molar-refractivity contribution in [2.45, 2.75) is 51.9 Å². The molecule has 178 valence electrons. The van der Waals surface area contributed by atoms with Crippen molar-refractivity contribution < 1.29 is 14.3 Å². The quantitative estimate of drug-likeness (QED) is 0.216. The molecule has 2 aromatic heterocycles. The number of nitrogen functional groups attached to an aromatic ring is 1. The van der Waals surface area contributed by atoms with Gasteiger partial charge in [-0.3, -0.25) is 4.57 Å². The Morgan fingerprint density at radius 3 is 2.24 bits per heavy atom. The summed E-state index contributed by atoms with van der Waals surface area (Å²) >= 11 is 0. The summed E-state index contributed by atoms with van der Waals surface area (Å²) in [6, 6.07) is 15.0. The van der Waals surface area contributed by atoms with Crippen molar-refractivity contribution in [3.05, 3.63) is 54.1 Å². The van der Waals surface area contributed by atoms with Crippen LogP contribution in [0.1, 0.15) is 62.2 Å². The van der Waals surface area contributed by atoms with Crippen molar-refractivity contribution in [3.8, 4) is 11.4 Å². The van der Waals surface area contributed by atoms with Crippen molar-refractivity contribution in [1.29, 1.82) is 0 Å². The number of unbranched alkanes of at least 4 members (excludes halogenated alkanes) is 6. The fraction of sp³-hybridized carbons (Fsp3) is 0.370. The lowest BCUT2D eigenvalue weighted by atomic mass is 10.1. The molecule has 0 fully saturated rings. The highest BCUT2D eigenvalue weighted by Crippen LogP contribution is 2.32. The Balaban J connectivity index is 1.62. The van der Waals surface area contributed by atoms with Gasteiger partial charge >= 0.3 is 5.97 Å². The first-order valence-electron chi connectivity index (χ1n) is 12.0. The summed E-state index contributed by atoms with van der Waals surface area (Å²) in [6.45, 7) is 2.58. The zero-order valence-electron chi connectivity index (χ0n) is 19.9. The van der Waals surface area contributed by atoms with Crippen LogP contribution >= 0.6 is 0 Å². The zero-order chi connectivity index (χ0) is 23.9.